The normalized spacial score (nSPS) is 11.8. The Morgan fingerprint density at radius 2 is 1.72 bits per heavy atom. The summed E-state index contributed by atoms with van der Waals surface area (Å²) in [6, 6.07) is 7.10. The molecule has 1 nitrogen and oxygen atoms in total. The van der Waals surface area contributed by atoms with E-state index < -0.39 is 0 Å². The van der Waals surface area contributed by atoms with Crippen LogP contribution < -0.4 is 5.73 Å². The maximum atomic E-state index is 5.57. The average molecular weight is 265 g/mol. The summed E-state index contributed by atoms with van der Waals surface area (Å²) in [5.74, 6) is 1.10. The smallest absolute Gasteiger partial charge is 0.0181 e. The number of aryl methyl sites for hydroxylation is 1. The van der Waals surface area contributed by atoms with Crippen molar-refractivity contribution in [2.75, 3.05) is 12.8 Å². The molecule has 0 aromatic heterocycles. The van der Waals surface area contributed by atoms with Gasteiger partial charge in [0.1, 0.15) is 0 Å². The van der Waals surface area contributed by atoms with Crippen molar-refractivity contribution in [1.82, 2.24) is 0 Å². The van der Waals surface area contributed by atoms with Crippen LogP contribution in [0.2, 0.25) is 0 Å². The summed E-state index contributed by atoms with van der Waals surface area (Å²) in [7, 11) is 0. The van der Waals surface area contributed by atoms with Crippen LogP contribution in [0.4, 0.5) is 0 Å². The predicted octanol–water partition coefficient (Wildman–Crippen LogP) is 4.13. The summed E-state index contributed by atoms with van der Waals surface area (Å²) in [5.41, 5.74) is 10.2. The molecule has 2 heteroatoms. The van der Waals surface area contributed by atoms with Gasteiger partial charge in [-0.1, -0.05) is 39.0 Å². The second-order valence-electron chi connectivity index (χ2n) is 5.97. The molecule has 0 fully saturated rings. The molecule has 0 atom stereocenters. The highest BCUT2D eigenvalue weighted by Crippen LogP contribution is 2.26. The largest absolute Gasteiger partial charge is 0.330 e. The molecular weight excluding hydrogens is 238 g/mol. The minimum Gasteiger partial charge on any atom is -0.330 e. The van der Waals surface area contributed by atoms with Gasteiger partial charge in [-0.05, 0) is 54.2 Å². The monoisotopic (exact) mass is 265 g/mol. The van der Waals surface area contributed by atoms with E-state index >= 15 is 0 Å². The maximum Gasteiger partial charge on any atom is 0.0181 e. The molecular formula is C16H27NS. The predicted molar refractivity (Wildman–Crippen MR) is 84.4 cm³/mol. The van der Waals surface area contributed by atoms with Crippen molar-refractivity contribution >= 4 is 11.8 Å². The van der Waals surface area contributed by atoms with Crippen LogP contribution >= 0.6 is 11.8 Å². The molecule has 0 amide bonds. The molecule has 1 rings (SSSR count). The minimum atomic E-state index is 0.233. The molecule has 0 spiro atoms. The molecule has 0 unspecified atom stereocenters. The summed E-state index contributed by atoms with van der Waals surface area (Å²) in [5, 5.41) is 0. The van der Waals surface area contributed by atoms with Crippen molar-refractivity contribution in [2.24, 2.45) is 5.73 Å². The highest BCUT2D eigenvalue weighted by Gasteiger charge is 2.15. The van der Waals surface area contributed by atoms with Crippen molar-refractivity contribution in [3.63, 3.8) is 0 Å². The Morgan fingerprint density at radius 1 is 1.06 bits per heavy atom. The number of hydrogen-bond acceptors (Lipinski definition) is 2. The average Bonchev–Trinajstić information content (AvgIpc) is 2.28. The van der Waals surface area contributed by atoms with Crippen molar-refractivity contribution in [1.29, 1.82) is 0 Å². The first kappa shape index (κ1) is 15.6. The van der Waals surface area contributed by atoms with Crippen molar-refractivity contribution in [3.8, 4) is 0 Å². The Hall–Kier alpha value is -0.470. The summed E-state index contributed by atoms with van der Waals surface area (Å²) in [4.78, 5) is 0. The van der Waals surface area contributed by atoms with Crippen LogP contribution in [0.15, 0.2) is 18.2 Å². The lowest BCUT2D eigenvalue weighted by Gasteiger charge is -2.21. The number of nitrogens with two attached hydrogens (primary N) is 1. The second-order valence-corrected chi connectivity index (χ2v) is 6.83. The zero-order valence-electron chi connectivity index (χ0n) is 12.3. The third-order valence-electron chi connectivity index (χ3n) is 3.15. The van der Waals surface area contributed by atoms with Gasteiger partial charge in [0.2, 0.25) is 0 Å². The van der Waals surface area contributed by atoms with Gasteiger partial charge in [0.15, 0.2) is 0 Å². The van der Waals surface area contributed by atoms with Gasteiger partial charge in [-0.2, -0.15) is 11.8 Å². The van der Waals surface area contributed by atoms with Gasteiger partial charge in [-0.3, -0.25) is 0 Å². The standard InChI is InChI=1S/C16H27NS/c1-16(2,3)15-10-13(7-5-6-8-17)9-14(11-15)12-18-4/h9-11H,5-8,12,17H2,1-4H3. The first-order valence-electron chi connectivity index (χ1n) is 6.79. The molecule has 0 radical (unpaired) electrons. The number of benzene rings is 1. The Bertz CT molecular complexity index is 366. The highest BCUT2D eigenvalue weighted by molar-refractivity contribution is 7.97. The highest BCUT2D eigenvalue weighted by atomic mass is 32.2. The zero-order chi connectivity index (χ0) is 13.6. The molecule has 0 saturated heterocycles. The van der Waals surface area contributed by atoms with Crippen molar-refractivity contribution in [3.05, 3.63) is 34.9 Å². The van der Waals surface area contributed by atoms with E-state index in [-0.39, 0.29) is 5.41 Å². The van der Waals surface area contributed by atoms with Gasteiger partial charge in [0.25, 0.3) is 0 Å². The molecule has 2 N–H and O–H groups in total. The summed E-state index contributed by atoms with van der Waals surface area (Å²) in [6.07, 6.45) is 5.64. The van der Waals surface area contributed by atoms with E-state index in [4.69, 9.17) is 5.73 Å². The lowest BCUT2D eigenvalue weighted by molar-refractivity contribution is 0.588. The molecule has 0 aliphatic carbocycles. The number of unbranched alkanes of at least 4 members (excludes halogenated alkanes) is 1. The molecule has 102 valence electrons. The fourth-order valence-corrected chi connectivity index (χ4v) is 2.56. The van der Waals surface area contributed by atoms with Gasteiger partial charge in [0.05, 0.1) is 0 Å². The lowest BCUT2D eigenvalue weighted by atomic mass is 9.84. The quantitative estimate of drug-likeness (QED) is 0.783. The first-order valence-corrected chi connectivity index (χ1v) is 8.19. The van der Waals surface area contributed by atoms with Gasteiger partial charge in [0, 0.05) is 5.75 Å². The van der Waals surface area contributed by atoms with E-state index in [0.717, 1.165) is 25.1 Å². The zero-order valence-corrected chi connectivity index (χ0v) is 13.1. The number of thioether (sulfide) groups is 1. The first-order chi connectivity index (χ1) is 8.47. The topological polar surface area (TPSA) is 26.0 Å². The molecule has 0 aliphatic heterocycles. The third kappa shape index (κ3) is 5.03. The molecule has 0 saturated carbocycles. The van der Waals surface area contributed by atoms with Gasteiger partial charge < -0.3 is 5.73 Å². The van der Waals surface area contributed by atoms with E-state index in [1.807, 2.05) is 11.8 Å². The maximum absolute atomic E-state index is 5.57. The van der Waals surface area contributed by atoms with Gasteiger partial charge in [-0.25, -0.2) is 0 Å². The molecule has 1 aromatic carbocycles. The summed E-state index contributed by atoms with van der Waals surface area (Å²) in [6.45, 7) is 7.66. The molecule has 18 heavy (non-hydrogen) atoms. The van der Waals surface area contributed by atoms with Crippen LogP contribution in [0.3, 0.4) is 0 Å². The van der Waals surface area contributed by atoms with Crippen LogP contribution in [0, 0.1) is 0 Å². The third-order valence-corrected chi connectivity index (χ3v) is 3.77. The minimum absolute atomic E-state index is 0.233. The Morgan fingerprint density at radius 3 is 2.28 bits per heavy atom. The van der Waals surface area contributed by atoms with Crippen LogP contribution in [0.25, 0.3) is 0 Å². The van der Waals surface area contributed by atoms with Crippen LogP contribution in [0.5, 0.6) is 0 Å². The van der Waals surface area contributed by atoms with E-state index in [0.29, 0.717) is 0 Å². The van der Waals surface area contributed by atoms with Crippen LogP contribution in [-0.2, 0) is 17.6 Å². The van der Waals surface area contributed by atoms with Crippen molar-refractivity contribution in [2.45, 2.75) is 51.2 Å². The molecule has 0 heterocycles. The van der Waals surface area contributed by atoms with E-state index in [9.17, 15) is 0 Å². The van der Waals surface area contributed by atoms with Crippen LogP contribution in [0.1, 0.15) is 50.3 Å². The Labute approximate surface area is 117 Å². The van der Waals surface area contributed by atoms with Gasteiger partial charge in [-0.15, -0.1) is 0 Å². The van der Waals surface area contributed by atoms with E-state index in [1.54, 1.807) is 0 Å². The molecule has 0 aliphatic rings. The molecule has 1 aromatic rings. The SMILES string of the molecule is CSCc1cc(CCCCN)cc(C(C)(C)C)c1. The Balaban J connectivity index is 2.91. The number of hydrogen-bond donors (Lipinski definition) is 1. The summed E-state index contributed by atoms with van der Waals surface area (Å²) < 4.78 is 0. The molecule has 0 bridgehead atoms. The summed E-state index contributed by atoms with van der Waals surface area (Å²) >= 11 is 1.89. The van der Waals surface area contributed by atoms with Gasteiger partial charge >= 0.3 is 0 Å². The van der Waals surface area contributed by atoms with E-state index in [1.165, 1.54) is 23.1 Å². The number of rotatable bonds is 6. The lowest BCUT2D eigenvalue weighted by Crippen LogP contribution is -2.12. The fourth-order valence-electron chi connectivity index (χ4n) is 2.06. The Kier molecular flexibility index (Phi) is 6.24. The fraction of sp³-hybridized carbons (Fsp3) is 0.625. The van der Waals surface area contributed by atoms with Crippen LogP contribution in [-0.4, -0.2) is 12.8 Å². The van der Waals surface area contributed by atoms with E-state index in [2.05, 4.69) is 45.2 Å². The van der Waals surface area contributed by atoms with Crippen molar-refractivity contribution < 1.29 is 0 Å². The second kappa shape index (κ2) is 7.20.